The molecular weight excluding hydrogens is 312 g/mol. The van der Waals surface area contributed by atoms with Crippen molar-refractivity contribution in [2.45, 2.75) is 26.2 Å². The van der Waals surface area contributed by atoms with Crippen molar-refractivity contribution in [3.8, 4) is 0 Å². The van der Waals surface area contributed by atoms with Crippen molar-refractivity contribution in [2.24, 2.45) is 0 Å². The number of hydrogen-bond acceptors (Lipinski definition) is 2. The van der Waals surface area contributed by atoms with Crippen molar-refractivity contribution in [1.82, 2.24) is 4.90 Å². The van der Waals surface area contributed by atoms with E-state index in [0.717, 1.165) is 44.1 Å². The van der Waals surface area contributed by atoms with Crippen LogP contribution >= 0.6 is 0 Å². The van der Waals surface area contributed by atoms with Crippen molar-refractivity contribution in [3.63, 3.8) is 0 Å². The molecule has 0 radical (unpaired) electrons. The molecule has 25 heavy (non-hydrogen) atoms. The summed E-state index contributed by atoms with van der Waals surface area (Å²) < 4.78 is 0. The van der Waals surface area contributed by atoms with Gasteiger partial charge in [-0.3, -0.25) is 4.90 Å². The Morgan fingerprint density at radius 2 is 1.84 bits per heavy atom. The van der Waals surface area contributed by atoms with E-state index >= 15 is 0 Å². The fourth-order valence-corrected chi connectivity index (χ4v) is 3.06. The molecule has 5 heteroatoms. The standard InChI is InChI=1S/C20H26N4O/c1-3-16(2)17-7-9-18(10-8-17)22-20(25)24-14-12-23(13-15-24)19-6-4-5-11-21-19/h4-11,16H,3,12-15H2,1-2H3,(H,22,25)/p+1/t16-/m1/s1. The van der Waals surface area contributed by atoms with E-state index in [0.29, 0.717) is 5.92 Å². The van der Waals surface area contributed by atoms with Crippen LogP contribution < -0.4 is 15.2 Å². The van der Waals surface area contributed by atoms with E-state index in [1.54, 1.807) is 0 Å². The Bertz CT molecular complexity index is 679. The topological polar surface area (TPSA) is 49.7 Å². The summed E-state index contributed by atoms with van der Waals surface area (Å²) in [5.41, 5.74) is 2.17. The normalized spacial score (nSPS) is 15.8. The smallest absolute Gasteiger partial charge is 0.317 e. The first-order valence-corrected chi connectivity index (χ1v) is 9.05. The summed E-state index contributed by atoms with van der Waals surface area (Å²) in [7, 11) is 0. The summed E-state index contributed by atoms with van der Waals surface area (Å²) in [6, 6.07) is 14.2. The van der Waals surface area contributed by atoms with Gasteiger partial charge in [-0.2, -0.15) is 0 Å². The highest BCUT2D eigenvalue weighted by atomic mass is 16.2. The first kappa shape index (κ1) is 17.3. The number of carbonyl (C=O) groups excluding carboxylic acids is 1. The van der Waals surface area contributed by atoms with Crippen LogP contribution in [0.2, 0.25) is 0 Å². The average Bonchev–Trinajstić information content (AvgIpc) is 2.68. The van der Waals surface area contributed by atoms with Gasteiger partial charge in [0.05, 0.1) is 19.3 Å². The van der Waals surface area contributed by atoms with Gasteiger partial charge in [0.15, 0.2) is 0 Å². The van der Waals surface area contributed by atoms with E-state index in [1.165, 1.54) is 5.56 Å². The third kappa shape index (κ3) is 4.29. The van der Waals surface area contributed by atoms with Crippen molar-refractivity contribution in [2.75, 3.05) is 36.4 Å². The summed E-state index contributed by atoms with van der Waals surface area (Å²) in [5, 5.41) is 3.01. The van der Waals surface area contributed by atoms with Gasteiger partial charge in [0.2, 0.25) is 0 Å². The second kappa shape index (κ2) is 8.01. The number of amides is 2. The number of benzene rings is 1. The third-order valence-corrected chi connectivity index (χ3v) is 4.94. The molecule has 1 aromatic carbocycles. The molecule has 0 saturated carbocycles. The van der Waals surface area contributed by atoms with Gasteiger partial charge in [0.25, 0.3) is 5.82 Å². The maximum Gasteiger partial charge on any atom is 0.322 e. The summed E-state index contributed by atoms with van der Waals surface area (Å²) >= 11 is 0. The second-order valence-corrected chi connectivity index (χ2v) is 6.58. The molecule has 1 aromatic heterocycles. The number of piperazine rings is 1. The number of urea groups is 1. The molecule has 1 fully saturated rings. The van der Waals surface area contributed by atoms with E-state index < -0.39 is 0 Å². The minimum atomic E-state index is -0.0204. The molecule has 1 saturated heterocycles. The van der Waals surface area contributed by atoms with Gasteiger partial charge >= 0.3 is 6.03 Å². The van der Waals surface area contributed by atoms with Gasteiger partial charge in [0, 0.05) is 11.8 Å². The van der Waals surface area contributed by atoms with Gasteiger partial charge in [0.1, 0.15) is 13.1 Å². The zero-order valence-electron chi connectivity index (χ0n) is 15.0. The molecule has 0 unspecified atom stereocenters. The second-order valence-electron chi connectivity index (χ2n) is 6.58. The Balaban J connectivity index is 1.53. The molecule has 3 rings (SSSR count). The number of H-pyrrole nitrogens is 1. The highest BCUT2D eigenvalue weighted by molar-refractivity contribution is 5.89. The summed E-state index contributed by atoms with van der Waals surface area (Å²) in [4.78, 5) is 19.9. The van der Waals surface area contributed by atoms with E-state index in [2.05, 4.69) is 47.2 Å². The molecule has 0 spiro atoms. The molecule has 1 atom stereocenters. The Morgan fingerprint density at radius 3 is 2.44 bits per heavy atom. The summed E-state index contributed by atoms with van der Waals surface area (Å²) in [6.45, 7) is 7.52. The molecule has 1 aliphatic heterocycles. The lowest BCUT2D eigenvalue weighted by atomic mass is 9.99. The molecule has 2 heterocycles. The van der Waals surface area contributed by atoms with Crippen LogP contribution in [0.1, 0.15) is 31.7 Å². The Morgan fingerprint density at radius 1 is 1.12 bits per heavy atom. The monoisotopic (exact) mass is 339 g/mol. The van der Waals surface area contributed by atoms with Crippen molar-refractivity contribution < 1.29 is 9.78 Å². The molecule has 132 valence electrons. The number of pyridine rings is 1. The highest BCUT2D eigenvalue weighted by Crippen LogP contribution is 2.20. The molecular formula is C20H27N4O+. The minimum absolute atomic E-state index is 0.0204. The number of carbonyl (C=O) groups is 1. The van der Waals surface area contributed by atoms with Gasteiger partial charge in [-0.15, -0.1) is 0 Å². The van der Waals surface area contributed by atoms with Crippen LogP contribution in [0.3, 0.4) is 0 Å². The van der Waals surface area contributed by atoms with Crippen LogP contribution in [-0.4, -0.2) is 37.1 Å². The van der Waals surface area contributed by atoms with Gasteiger partial charge < -0.3 is 10.2 Å². The van der Waals surface area contributed by atoms with Gasteiger partial charge in [-0.25, -0.2) is 9.78 Å². The number of hydrogen-bond donors (Lipinski definition) is 1. The predicted octanol–water partition coefficient (Wildman–Crippen LogP) is 3.37. The van der Waals surface area contributed by atoms with E-state index in [9.17, 15) is 4.79 Å². The van der Waals surface area contributed by atoms with Gasteiger partial charge in [-0.1, -0.05) is 32.0 Å². The molecule has 1 aliphatic rings. The van der Waals surface area contributed by atoms with Crippen molar-refractivity contribution in [1.29, 1.82) is 0 Å². The van der Waals surface area contributed by atoms with Crippen LogP contribution in [0.4, 0.5) is 16.3 Å². The SMILES string of the molecule is CC[C@@H](C)c1ccc(NC(=O)N2CCN(c3cccc[nH+]3)CC2)cc1. The quantitative estimate of drug-likeness (QED) is 0.928. The lowest BCUT2D eigenvalue weighted by Crippen LogP contribution is -2.51. The molecule has 2 N–H and O–H groups in total. The lowest BCUT2D eigenvalue weighted by molar-refractivity contribution is -0.364. The van der Waals surface area contributed by atoms with Crippen LogP contribution in [0.25, 0.3) is 0 Å². The van der Waals surface area contributed by atoms with Crippen LogP contribution in [-0.2, 0) is 0 Å². The Labute approximate surface area is 149 Å². The Kier molecular flexibility index (Phi) is 5.53. The highest BCUT2D eigenvalue weighted by Gasteiger charge is 2.26. The third-order valence-electron chi connectivity index (χ3n) is 4.94. The molecule has 5 nitrogen and oxygen atoms in total. The minimum Gasteiger partial charge on any atom is -0.317 e. The molecule has 2 amide bonds. The fraction of sp³-hybridized carbons (Fsp3) is 0.400. The molecule has 0 bridgehead atoms. The van der Waals surface area contributed by atoms with Gasteiger partial charge in [-0.05, 0) is 36.1 Å². The van der Waals surface area contributed by atoms with E-state index in [-0.39, 0.29) is 6.03 Å². The summed E-state index contributed by atoms with van der Waals surface area (Å²) in [5.74, 6) is 1.65. The maximum absolute atomic E-state index is 12.5. The number of anilines is 2. The Hall–Kier alpha value is -2.56. The van der Waals surface area contributed by atoms with Crippen LogP contribution in [0, 0.1) is 0 Å². The molecule has 0 aliphatic carbocycles. The van der Waals surface area contributed by atoms with Crippen LogP contribution in [0.15, 0.2) is 48.7 Å². The zero-order valence-corrected chi connectivity index (χ0v) is 15.0. The summed E-state index contributed by atoms with van der Waals surface area (Å²) in [6.07, 6.45) is 3.05. The van der Waals surface area contributed by atoms with Crippen molar-refractivity contribution in [3.05, 3.63) is 54.2 Å². The van der Waals surface area contributed by atoms with Crippen LogP contribution in [0.5, 0.6) is 0 Å². The number of rotatable bonds is 4. The number of nitrogens with zero attached hydrogens (tertiary/aromatic N) is 2. The van der Waals surface area contributed by atoms with E-state index in [4.69, 9.17) is 0 Å². The molecule has 2 aromatic rings. The predicted molar refractivity (Wildman–Crippen MR) is 101 cm³/mol. The number of nitrogens with one attached hydrogen (secondary N) is 2. The first-order chi connectivity index (χ1) is 12.2. The average molecular weight is 339 g/mol. The largest absolute Gasteiger partial charge is 0.322 e. The number of aromatic nitrogens is 1. The first-order valence-electron chi connectivity index (χ1n) is 9.05. The maximum atomic E-state index is 12.5. The van der Waals surface area contributed by atoms with Crippen molar-refractivity contribution >= 4 is 17.5 Å². The zero-order chi connectivity index (χ0) is 17.6. The van der Waals surface area contributed by atoms with E-state index in [1.807, 2.05) is 35.4 Å². The number of aromatic amines is 1. The lowest BCUT2D eigenvalue weighted by Gasteiger charge is -2.31. The fourth-order valence-electron chi connectivity index (χ4n) is 3.06.